The van der Waals surface area contributed by atoms with Crippen LogP contribution in [0.3, 0.4) is 0 Å². The van der Waals surface area contributed by atoms with E-state index in [-0.39, 0.29) is 0 Å². The fraction of sp³-hybridized carbons (Fsp3) is 0.707. The molecule has 0 aromatic heterocycles. The highest BCUT2D eigenvalue weighted by atomic mass is 14.2. The fourth-order valence-electron chi connectivity index (χ4n) is 6.67. The number of rotatable bonds is 24. The molecule has 0 heterocycles. The minimum Gasteiger partial charge on any atom is -0.0654 e. The van der Waals surface area contributed by atoms with E-state index in [1.54, 1.807) is 33.4 Å². The smallest absolute Gasteiger partial charge is 0.0188 e. The molecule has 0 radical (unpaired) electrons. The normalized spacial score (nSPS) is 13.0. The van der Waals surface area contributed by atoms with Crippen LogP contribution in [0, 0.1) is 5.92 Å². The molecule has 2 atom stereocenters. The molecule has 2 rings (SSSR count). The first-order valence-electron chi connectivity index (χ1n) is 18.3. The third-order valence-corrected chi connectivity index (χ3v) is 9.45. The van der Waals surface area contributed by atoms with Crippen molar-refractivity contribution in [1.29, 1.82) is 0 Å². The topological polar surface area (TPSA) is 0 Å². The Bertz CT molecular complexity index is 922. The van der Waals surface area contributed by atoms with E-state index in [1.807, 2.05) is 0 Å². The molecule has 0 heteroatoms. The van der Waals surface area contributed by atoms with Gasteiger partial charge in [0.1, 0.15) is 0 Å². The third-order valence-electron chi connectivity index (χ3n) is 9.45. The lowest BCUT2D eigenvalue weighted by Gasteiger charge is -2.23. The van der Waals surface area contributed by atoms with Gasteiger partial charge in [-0.3, -0.25) is 0 Å². The summed E-state index contributed by atoms with van der Waals surface area (Å²) < 4.78 is 0. The van der Waals surface area contributed by atoms with E-state index in [9.17, 15) is 0 Å². The molecule has 0 fully saturated rings. The van der Waals surface area contributed by atoms with Crippen molar-refractivity contribution >= 4 is 0 Å². The van der Waals surface area contributed by atoms with Crippen LogP contribution >= 0.6 is 0 Å². The highest BCUT2D eigenvalue weighted by Crippen LogP contribution is 2.32. The van der Waals surface area contributed by atoms with Gasteiger partial charge in [0.15, 0.2) is 0 Å². The van der Waals surface area contributed by atoms with E-state index < -0.39 is 0 Å². The van der Waals surface area contributed by atoms with E-state index >= 15 is 0 Å². The number of hydrogen-bond acceptors (Lipinski definition) is 0. The zero-order valence-electron chi connectivity index (χ0n) is 28.5. The lowest BCUT2D eigenvalue weighted by molar-refractivity contribution is 0.395. The van der Waals surface area contributed by atoms with E-state index in [4.69, 9.17) is 0 Å². The molecule has 0 aliphatic rings. The second-order valence-corrected chi connectivity index (χ2v) is 13.3. The van der Waals surface area contributed by atoms with Crippen LogP contribution in [0.2, 0.25) is 0 Å². The molecule has 0 saturated carbocycles. The predicted octanol–water partition coefficient (Wildman–Crippen LogP) is 13.2. The molecule has 0 aliphatic carbocycles. The Hall–Kier alpha value is -1.56. The first-order valence-corrected chi connectivity index (χ1v) is 18.3. The molecule has 2 aromatic rings. The summed E-state index contributed by atoms with van der Waals surface area (Å²) in [6, 6.07) is 15.2. The molecule has 232 valence electrons. The molecule has 2 unspecified atom stereocenters. The van der Waals surface area contributed by atoms with Gasteiger partial charge in [0.2, 0.25) is 0 Å². The molecule has 2 aromatic carbocycles. The van der Waals surface area contributed by atoms with Crippen molar-refractivity contribution in [1.82, 2.24) is 0 Å². The van der Waals surface area contributed by atoms with Crippen molar-refractivity contribution in [3.05, 3.63) is 69.8 Å². The van der Waals surface area contributed by atoms with Crippen LogP contribution in [0.25, 0.3) is 0 Å². The maximum Gasteiger partial charge on any atom is -0.0188 e. The zero-order chi connectivity index (χ0) is 29.7. The molecule has 0 aliphatic heterocycles. The van der Waals surface area contributed by atoms with Crippen molar-refractivity contribution in [2.45, 2.75) is 182 Å². The average molecular weight is 561 g/mol. The Balaban J connectivity index is 2.20. The molecule has 0 saturated heterocycles. The van der Waals surface area contributed by atoms with Gasteiger partial charge in [-0.05, 0) is 109 Å². The molecule has 41 heavy (non-hydrogen) atoms. The van der Waals surface area contributed by atoms with Gasteiger partial charge in [-0.25, -0.2) is 0 Å². The van der Waals surface area contributed by atoms with Gasteiger partial charge in [0, 0.05) is 0 Å². The van der Waals surface area contributed by atoms with Crippen LogP contribution in [0.4, 0.5) is 0 Å². The van der Waals surface area contributed by atoms with Crippen molar-refractivity contribution < 1.29 is 0 Å². The summed E-state index contributed by atoms with van der Waals surface area (Å²) in [7, 11) is 0. The van der Waals surface area contributed by atoms with Gasteiger partial charge in [0.05, 0.1) is 0 Å². The second kappa shape index (κ2) is 22.0. The average Bonchev–Trinajstić information content (AvgIpc) is 2.99. The van der Waals surface area contributed by atoms with Crippen LogP contribution in [-0.4, -0.2) is 0 Å². The van der Waals surface area contributed by atoms with E-state index in [0.29, 0.717) is 5.92 Å². The first-order chi connectivity index (χ1) is 20.1. The summed E-state index contributed by atoms with van der Waals surface area (Å²) in [4.78, 5) is 0. The molecule has 0 bridgehead atoms. The highest BCUT2D eigenvalue weighted by Gasteiger charge is 2.18. The highest BCUT2D eigenvalue weighted by molar-refractivity contribution is 5.35. The lowest BCUT2D eigenvalue weighted by Crippen LogP contribution is -2.11. The molecular weight excluding hydrogens is 492 g/mol. The molecule has 0 amide bonds. The number of benzene rings is 2. The number of unbranched alkanes of at least 4 members (excludes halogenated alkanes) is 9. The predicted molar refractivity (Wildman–Crippen MR) is 186 cm³/mol. The van der Waals surface area contributed by atoms with E-state index in [2.05, 4.69) is 77.9 Å². The third kappa shape index (κ3) is 14.0. The monoisotopic (exact) mass is 561 g/mol. The minimum absolute atomic E-state index is 0.629. The maximum absolute atomic E-state index is 2.62. The number of hydrogen-bond donors (Lipinski definition) is 0. The summed E-state index contributed by atoms with van der Waals surface area (Å²) >= 11 is 0. The van der Waals surface area contributed by atoms with Crippen molar-refractivity contribution in [3.63, 3.8) is 0 Å². The zero-order valence-corrected chi connectivity index (χ0v) is 28.5. The van der Waals surface area contributed by atoms with Gasteiger partial charge >= 0.3 is 0 Å². The SMILES string of the molecule is CCCCCCCCC(Cc1ccc(CCCC)c(CCCC)c1)CC(C)c1ccc(CCCC)c(CCCC)c1. The summed E-state index contributed by atoms with van der Waals surface area (Å²) in [6.07, 6.45) is 27.7. The van der Waals surface area contributed by atoms with Crippen LogP contribution in [0.5, 0.6) is 0 Å². The Morgan fingerprint density at radius 1 is 0.488 bits per heavy atom. The Morgan fingerprint density at radius 3 is 1.56 bits per heavy atom. The van der Waals surface area contributed by atoms with E-state index in [1.165, 1.54) is 135 Å². The van der Waals surface area contributed by atoms with Crippen LogP contribution in [0.1, 0.15) is 184 Å². The van der Waals surface area contributed by atoms with Crippen molar-refractivity contribution in [2.75, 3.05) is 0 Å². The maximum atomic E-state index is 2.62. The summed E-state index contributed by atoms with van der Waals surface area (Å²) in [5.41, 5.74) is 9.70. The summed E-state index contributed by atoms with van der Waals surface area (Å²) in [5, 5.41) is 0. The largest absolute Gasteiger partial charge is 0.0654 e. The van der Waals surface area contributed by atoms with Crippen molar-refractivity contribution in [3.8, 4) is 0 Å². The van der Waals surface area contributed by atoms with E-state index in [0.717, 1.165) is 5.92 Å². The number of aryl methyl sites for hydroxylation is 4. The Labute approximate surface area is 257 Å². The van der Waals surface area contributed by atoms with Crippen molar-refractivity contribution in [2.24, 2.45) is 5.92 Å². The fourth-order valence-corrected chi connectivity index (χ4v) is 6.67. The molecule has 0 nitrogen and oxygen atoms in total. The van der Waals surface area contributed by atoms with Gasteiger partial charge in [0.25, 0.3) is 0 Å². The standard InChI is InChI=1S/C41H68/c1-7-12-17-18-19-20-21-35(31-36-26-27-37(22-13-8-2)40(32-36)24-15-10-4)30-34(6)39-29-28-38(23-14-9-3)41(33-39)25-16-11-5/h26-29,32-35H,7-25,30-31H2,1-6H3. The molecule has 0 N–H and O–H groups in total. The van der Waals surface area contributed by atoms with Gasteiger partial charge in [-0.1, -0.05) is 149 Å². The van der Waals surface area contributed by atoms with Crippen LogP contribution < -0.4 is 0 Å². The van der Waals surface area contributed by atoms with Crippen LogP contribution in [0.15, 0.2) is 36.4 Å². The summed E-state index contributed by atoms with van der Waals surface area (Å²) in [5.74, 6) is 1.40. The quantitative estimate of drug-likeness (QED) is 0.112. The van der Waals surface area contributed by atoms with Gasteiger partial charge in [-0.15, -0.1) is 0 Å². The second-order valence-electron chi connectivity index (χ2n) is 13.3. The van der Waals surface area contributed by atoms with Gasteiger partial charge in [-0.2, -0.15) is 0 Å². The molecule has 0 spiro atoms. The minimum atomic E-state index is 0.629. The Morgan fingerprint density at radius 2 is 0.976 bits per heavy atom. The van der Waals surface area contributed by atoms with Gasteiger partial charge < -0.3 is 0 Å². The van der Waals surface area contributed by atoms with Crippen LogP contribution in [-0.2, 0) is 32.1 Å². The molecular formula is C41H68. The summed E-state index contributed by atoms with van der Waals surface area (Å²) in [6.45, 7) is 14.1. The Kier molecular flexibility index (Phi) is 19.2. The lowest BCUT2D eigenvalue weighted by atomic mass is 9.82. The first kappa shape index (κ1) is 35.6.